The first-order valence-electron chi connectivity index (χ1n) is 7.10. The van der Waals surface area contributed by atoms with Gasteiger partial charge in [0.15, 0.2) is 0 Å². The van der Waals surface area contributed by atoms with Gasteiger partial charge < -0.3 is 4.74 Å². The van der Waals surface area contributed by atoms with Crippen molar-refractivity contribution in [1.29, 1.82) is 0 Å². The van der Waals surface area contributed by atoms with E-state index >= 15 is 0 Å². The molecule has 0 fully saturated rings. The first-order valence-corrected chi connectivity index (χ1v) is 8.65. The second kappa shape index (κ2) is 7.24. The standard InChI is InChI=1S/C18H18O4S/c1-14(13-16-9-5-3-6-10-16)18(22-15(2)19)23(20,21)17-11-7-4-8-12-17/h3-13,18H,1-2H3/b14-13+/t18-/m1/s1. The van der Waals surface area contributed by atoms with E-state index in [4.69, 9.17) is 4.74 Å². The van der Waals surface area contributed by atoms with Crippen molar-refractivity contribution in [2.75, 3.05) is 0 Å². The van der Waals surface area contributed by atoms with Crippen LogP contribution in [0.4, 0.5) is 0 Å². The number of esters is 1. The van der Waals surface area contributed by atoms with Gasteiger partial charge in [0.25, 0.3) is 0 Å². The van der Waals surface area contributed by atoms with Gasteiger partial charge in [0.05, 0.1) is 4.90 Å². The molecule has 0 spiro atoms. The molecule has 0 aliphatic carbocycles. The Kier molecular flexibility index (Phi) is 5.34. The molecule has 2 rings (SSSR count). The van der Waals surface area contributed by atoms with Crippen LogP contribution >= 0.6 is 0 Å². The number of carbonyl (C=O) groups excluding carboxylic acids is 1. The molecule has 0 amide bonds. The van der Waals surface area contributed by atoms with Gasteiger partial charge in [-0.3, -0.25) is 4.79 Å². The zero-order chi connectivity index (χ0) is 16.9. The molecule has 2 aromatic rings. The Morgan fingerprint density at radius 3 is 2.00 bits per heavy atom. The minimum atomic E-state index is -3.83. The van der Waals surface area contributed by atoms with Crippen LogP contribution in [0.2, 0.25) is 0 Å². The van der Waals surface area contributed by atoms with Gasteiger partial charge in [0, 0.05) is 6.92 Å². The van der Waals surface area contributed by atoms with Crippen LogP contribution in [0.25, 0.3) is 6.08 Å². The first kappa shape index (κ1) is 17.0. The van der Waals surface area contributed by atoms with E-state index in [1.54, 1.807) is 31.2 Å². The highest BCUT2D eigenvalue weighted by Crippen LogP contribution is 2.24. The van der Waals surface area contributed by atoms with Crippen molar-refractivity contribution >= 4 is 21.9 Å². The maximum Gasteiger partial charge on any atom is 0.304 e. The van der Waals surface area contributed by atoms with Gasteiger partial charge in [0.1, 0.15) is 0 Å². The quantitative estimate of drug-likeness (QED) is 0.788. The van der Waals surface area contributed by atoms with Crippen molar-refractivity contribution in [2.45, 2.75) is 24.2 Å². The number of rotatable bonds is 5. The van der Waals surface area contributed by atoms with Crippen molar-refractivity contribution in [3.63, 3.8) is 0 Å². The molecule has 0 saturated heterocycles. The summed E-state index contributed by atoms with van der Waals surface area (Å²) in [6.45, 7) is 2.84. The highest BCUT2D eigenvalue weighted by atomic mass is 32.2. The third-order valence-corrected chi connectivity index (χ3v) is 5.15. The molecule has 0 saturated carbocycles. The van der Waals surface area contributed by atoms with E-state index in [2.05, 4.69) is 0 Å². The van der Waals surface area contributed by atoms with Crippen LogP contribution < -0.4 is 0 Å². The lowest BCUT2D eigenvalue weighted by molar-refractivity contribution is -0.141. The molecule has 0 unspecified atom stereocenters. The fourth-order valence-corrected chi connectivity index (χ4v) is 3.77. The first-order chi connectivity index (χ1) is 10.9. The van der Waals surface area contributed by atoms with E-state index in [9.17, 15) is 13.2 Å². The number of carbonyl (C=O) groups is 1. The Hall–Kier alpha value is -2.40. The van der Waals surface area contributed by atoms with Crippen molar-refractivity contribution in [3.05, 3.63) is 71.8 Å². The average molecular weight is 330 g/mol. The predicted octanol–water partition coefficient (Wildman–Crippen LogP) is 3.45. The van der Waals surface area contributed by atoms with Crippen LogP contribution in [0.1, 0.15) is 19.4 Å². The lowest BCUT2D eigenvalue weighted by Crippen LogP contribution is -2.28. The summed E-state index contributed by atoms with van der Waals surface area (Å²) >= 11 is 0. The highest BCUT2D eigenvalue weighted by Gasteiger charge is 2.31. The van der Waals surface area contributed by atoms with E-state index < -0.39 is 21.2 Å². The molecule has 0 aliphatic heterocycles. The molecule has 0 aliphatic rings. The number of benzene rings is 2. The average Bonchev–Trinajstić information content (AvgIpc) is 2.54. The summed E-state index contributed by atoms with van der Waals surface area (Å²) in [4.78, 5) is 11.5. The van der Waals surface area contributed by atoms with Gasteiger partial charge in [-0.2, -0.15) is 0 Å². The molecule has 0 heterocycles. The summed E-state index contributed by atoms with van der Waals surface area (Å²) in [5, 5.41) is 0. The Morgan fingerprint density at radius 1 is 0.957 bits per heavy atom. The summed E-state index contributed by atoms with van der Waals surface area (Å²) in [5.74, 6) is -0.643. The van der Waals surface area contributed by atoms with Crippen LogP contribution in [0.3, 0.4) is 0 Å². The molecule has 5 heteroatoms. The highest BCUT2D eigenvalue weighted by molar-refractivity contribution is 7.92. The SMILES string of the molecule is CC(=O)O[C@@H](/C(C)=C/c1ccccc1)S(=O)(=O)c1ccccc1. The summed E-state index contributed by atoms with van der Waals surface area (Å²) in [5.41, 5.74) is -0.0664. The van der Waals surface area contributed by atoms with Gasteiger partial charge in [-0.25, -0.2) is 8.42 Å². The maximum absolute atomic E-state index is 12.8. The fraction of sp³-hybridized carbons (Fsp3) is 0.167. The van der Waals surface area contributed by atoms with Gasteiger partial charge in [0.2, 0.25) is 15.3 Å². The molecule has 0 bridgehead atoms. The Bertz CT molecular complexity index is 793. The second-order valence-corrected chi connectivity index (χ2v) is 7.09. The zero-order valence-electron chi connectivity index (χ0n) is 13.0. The molecular weight excluding hydrogens is 312 g/mol. The molecular formula is C18H18O4S. The van der Waals surface area contributed by atoms with Crippen LogP contribution in [0.15, 0.2) is 71.1 Å². The molecule has 2 aromatic carbocycles. The number of sulfone groups is 1. The monoisotopic (exact) mass is 330 g/mol. The van der Waals surface area contributed by atoms with Crippen molar-refractivity contribution < 1.29 is 17.9 Å². The lowest BCUT2D eigenvalue weighted by Gasteiger charge is -2.18. The Morgan fingerprint density at radius 2 is 1.48 bits per heavy atom. The van der Waals surface area contributed by atoms with E-state index in [1.807, 2.05) is 30.3 Å². The maximum atomic E-state index is 12.8. The summed E-state index contributed by atoms with van der Waals surface area (Å²) < 4.78 is 30.7. The van der Waals surface area contributed by atoms with Crippen LogP contribution in [0.5, 0.6) is 0 Å². The summed E-state index contributed by atoms with van der Waals surface area (Å²) in [6.07, 6.45) is 1.70. The molecule has 0 N–H and O–H groups in total. The number of hydrogen-bond donors (Lipinski definition) is 0. The molecule has 4 nitrogen and oxygen atoms in total. The Labute approximate surface area is 136 Å². The number of hydrogen-bond acceptors (Lipinski definition) is 4. The van der Waals surface area contributed by atoms with Crippen molar-refractivity contribution in [1.82, 2.24) is 0 Å². The normalized spacial score (nSPS) is 13.4. The Balaban J connectivity index is 2.45. The van der Waals surface area contributed by atoms with Crippen LogP contribution in [-0.2, 0) is 19.4 Å². The fourth-order valence-electron chi connectivity index (χ4n) is 2.17. The largest absolute Gasteiger partial charge is 0.441 e. The second-order valence-electron chi connectivity index (χ2n) is 5.10. The summed E-state index contributed by atoms with van der Waals surface area (Å²) in [7, 11) is -3.83. The van der Waals surface area contributed by atoms with Gasteiger partial charge in [-0.1, -0.05) is 54.6 Å². The van der Waals surface area contributed by atoms with E-state index in [1.165, 1.54) is 19.1 Å². The third-order valence-electron chi connectivity index (χ3n) is 3.19. The summed E-state index contributed by atoms with van der Waals surface area (Å²) in [6, 6.07) is 17.2. The lowest BCUT2D eigenvalue weighted by atomic mass is 10.1. The number of ether oxygens (including phenoxy) is 1. The zero-order valence-corrected chi connectivity index (χ0v) is 13.8. The molecule has 23 heavy (non-hydrogen) atoms. The minimum absolute atomic E-state index is 0.118. The van der Waals surface area contributed by atoms with Crippen molar-refractivity contribution in [2.24, 2.45) is 0 Å². The van der Waals surface area contributed by atoms with Crippen molar-refractivity contribution in [3.8, 4) is 0 Å². The van der Waals surface area contributed by atoms with Gasteiger partial charge >= 0.3 is 5.97 Å². The predicted molar refractivity (Wildman–Crippen MR) is 89.3 cm³/mol. The smallest absolute Gasteiger partial charge is 0.304 e. The molecule has 1 atom stereocenters. The van der Waals surface area contributed by atoms with Gasteiger partial charge in [-0.15, -0.1) is 0 Å². The molecule has 0 radical (unpaired) electrons. The molecule has 120 valence electrons. The van der Waals surface area contributed by atoms with E-state index in [0.717, 1.165) is 5.56 Å². The van der Waals surface area contributed by atoms with Crippen LogP contribution in [0, 0.1) is 0 Å². The van der Waals surface area contributed by atoms with E-state index in [0.29, 0.717) is 5.57 Å². The third kappa shape index (κ3) is 4.29. The van der Waals surface area contributed by atoms with Gasteiger partial charge in [-0.05, 0) is 30.2 Å². The van der Waals surface area contributed by atoms with Crippen LogP contribution in [-0.4, -0.2) is 19.8 Å². The van der Waals surface area contributed by atoms with E-state index in [-0.39, 0.29) is 4.90 Å². The molecule has 0 aromatic heterocycles. The topological polar surface area (TPSA) is 60.4 Å². The minimum Gasteiger partial charge on any atom is -0.441 e.